The van der Waals surface area contributed by atoms with Gasteiger partial charge in [-0.05, 0) is 13.3 Å². The van der Waals surface area contributed by atoms with E-state index in [9.17, 15) is 15.2 Å². The number of anilines is 1. The summed E-state index contributed by atoms with van der Waals surface area (Å²) in [6, 6.07) is 3.56. The molecule has 2 saturated heterocycles. The first-order chi connectivity index (χ1) is 10.5. The van der Waals surface area contributed by atoms with Crippen LogP contribution in [0.15, 0.2) is 12.1 Å². The molecule has 1 aromatic carbocycles. The van der Waals surface area contributed by atoms with Crippen LogP contribution < -0.4 is 9.64 Å². The first-order valence-electron chi connectivity index (χ1n) is 7.48. The monoisotopic (exact) mass is 306 g/mol. The Kier molecular flexibility index (Phi) is 2.86. The second-order valence-corrected chi connectivity index (χ2v) is 6.59. The van der Waals surface area contributed by atoms with Crippen LogP contribution >= 0.6 is 0 Å². The van der Waals surface area contributed by atoms with E-state index in [1.165, 1.54) is 0 Å². The molecule has 0 saturated carbocycles. The van der Waals surface area contributed by atoms with E-state index >= 15 is 0 Å². The van der Waals surface area contributed by atoms with Gasteiger partial charge in [0.15, 0.2) is 0 Å². The van der Waals surface area contributed by atoms with Crippen LogP contribution in [0.1, 0.15) is 18.9 Å². The Morgan fingerprint density at radius 3 is 2.95 bits per heavy atom. The molecule has 7 heteroatoms. The molecule has 7 nitrogen and oxygen atoms in total. The lowest BCUT2D eigenvalue weighted by Crippen LogP contribution is -2.37. The largest absolute Gasteiger partial charge is 0.484 e. The van der Waals surface area contributed by atoms with Gasteiger partial charge in [0, 0.05) is 30.7 Å². The standard InChI is InChI=1S/C15H18N2O5/c1-15(8-18)5-9-2-13(17(19)20)12(4-14(9)22-15)16-6-11-3-10(16)7-21-11/h2,4,10-11,18H,3,5-8H2,1H3/t10-,11-,15?/m0/s1. The number of nitro benzene ring substituents is 1. The highest BCUT2D eigenvalue weighted by Crippen LogP contribution is 2.45. The summed E-state index contributed by atoms with van der Waals surface area (Å²) in [5.74, 6) is 0.640. The lowest BCUT2D eigenvalue weighted by Gasteiger charge is -2.28. The van der Waals surface area contributed by atoms with Crippen LogP contribution in [-0.4, -0.2) is 47.5 Å². The van der Waals surface area contributed by atoms with Gasteiger partial charge in [-0.15, -0.1) is 0 Å². The highest BCUT2D eigenvalue weighted by molar-refractivity contribution is 5.70. The van der Waals surface area contributed by atoms with Crippen LogP contribution in [-0.2, 0) is 11.2 Å². The average molecular weight is 306 g/mol. The molecule has 0 radical (unpaired) electrons. The maximum atomic E-state index is 11.5. The number of aliphatic hydroxyl groups excluding tert-OH is 1. The summed E-state index contributed by atoms with van der Waals surface area (Å²) >= 11 is 0. The molecule has 3 atom stereocenters. The predicted molar refractivity (Wildman–Crippen MR) is 78.4 cm³/mol. The normalized spacial score (nSPS) is 32.2. The summed E-state index contributed by atoms with van der Waals surface area (Å²) in [6.45, 7) is 2.99. The summed E-state index contributed by atoms with van der Waals surface area (Å²) < 4.78 is 11.4. The SMILES string of the molecule is CC1(CO)Cc2cc([N+](=O)[O-])c(N3C[C@@H]4C[C@H]3CO4)cc2O1. The molecule has 1 unspecified atom stereocenters. The van der Waals surface area contributed by atoms with Crippen molar-refractivity contribution in [2.24, 2.45) is 0 Å². The third-order valence-electron chi connectivity index (χ3n) is 4.82. The molecule has 2 fully saturated rings. The van der Waals surface area contributed by atoms with Crippen molar-refractivity contribution in [1.82, 2.24) is 0 Å². The van der Waals surface area contributed by atoms with Crippen LogP contribution in [0.5, 0.6) is 5.75 Å². The molecule has 2 bridgehead atoms. The smallest absolute Gasteiger partial charge is 0.293 e. The molecule has 0 aliphatic carbocycles. The number of fused-ring (bicyclic) bond motifs is 3. The van der Waals surface area contributed by atoms with E-state index in [1.807, 2.05) is 6.92 Å². The van der Waals surface area contributed by atoms with Gasteiger partial charge in [-0.25, -0.2) is 0 Å². The zero-order valence-corrected chi connectivity index (χ0v) is 12.3. The number of nitrogens with zero attached hydrogens (tertiary/aromatic N) is 2. The second kappa shape index (κ2) is 4.57. The Labute approximate surface area is 127 Å². The molecule has 118 valence electrons. The molecular formula is C15H18N2O5. The van der Waals surface area contributed by atoms with E-state index in [-0.39, 0.29) is 29.4 Å². The van der Waals surface area contributed by atoms with Crippen molar-refractivity contribution >= 4 is 11.4 Å². The van der Waals surface area contributed by atoms with Crippen molar-refractivity contribution in [2.75, 3.05) is 24.7 Å². The van der Waals surface area contributed by atoms with Crippen LogP contribution in [0.25, 0.3) is 0 Å². The van der Waals surface area contributed by atoms with Gasteiger partial charge in [-0.2, -0.15) is 0 Å². The predicted octanol–water partition coefficient (Wildman–Crippen LogP) is 1.26. The minimum absolute atomic E-state index is 0.108. The number of aliphatic hydroxyl groups is 1. The van der Waals surface area contributed by atoms with Gasteiger partial charge in [0.25, 0.3) is 5.69 Å². The Bertz CT molecular complexity index is 649. The second-order valence-electron chi connectivity index (χ2n) is 6.59. The van der Waals surface area contributed by atoms with Crippen molar-refractivity contribution in [3.05, 3.63) is 27.8 Å². The summed E-state index contributed by atoms with van der Waals surface area (Å²) in [5.41, 5.74) is 0.800. The number of hydrogen-bond acceptors (Lipinski definition) is 6. The first-order valence-corrected chi connectivity index (χ1v) is 7.48. The molecule has 0 spiro atoms. The van der Waals surface area contributed by atoms with Crippen molar-refractivity contribution in [2.45, 2.75) is 37.5 Å². The lowest BCUT2D eigenvalue weighted by molar-refractivity contribution is -0.384. The van der Waals surface area contributed by atoms with E-state index < -0.39 is 5.60 Å². The van der Waals surface area contributed by atoms with Gasteiger partial charge in [-0.1, -0.05) is 0 Å². The molecular weight excluding hydrogens is 288 g/mol. The van der Waals surface area contributed by atoms with Crippen LogP contribution in [0.2, 0.25) is 0 Å². The number of rotatable bonds is 3. The van der Waals surface area contributed by atoms with Crippen molar-refractivity contribution in [3.63, 3.8) is 0 Å². The zero-order valence-electron chi connectivity index (χ0n) is 12.3. The number of benzene rings is 1. The van der Waals surface area contributed by atoms with E-state index in [0.717, 1.165) is 12.0 Å². The van der Waals surface area contributed by atoms with E-state index in [4.69, 9.17) is 9.47 Å². The van der Waals surface area contributed by atoms with Gasteiger partial charge >= 0.3 is 0 Å². The van der Waals surface area contributed by atoms with Gasteiger partial charge in [0.1, 0.15) is 17.0 Å². The molecule has 4 rings (SSSR count). The van der Waals surface area contributed by atoms with Gasteiger partial charge in [0.2, 0.25) is 0 Å². The highest BCUT2D eigenvalue weighted by atomic mass is 16.6. The molecule has 22 heavy (non-hydrogen) atoms. The average Bonchev–Trinajstić information content (AvgIpc) is 3.18. The van der Waals surface area contributed by atoms with Crippen LogP contribution in [0, 0.1) is 10.1 Å². The Morgan fingerprint density at radius 1 is 1.55 bits per heavy atom. The number of nitro groups is 1. The molecule has 3 heterocycles. The molecule has 0 amide bonds. The molecule has 1 aromatic rings. The van der Waals surface area contributed by atoms with Crippen molar-refractivity contribution in [3.8, 4) is 5.75 Å². The topological polar surface area (TPSA) is 85.1 Å². The molecule has 3 aliphatic heterocycles. The maximum Gasteiger partial charge on any atom is 0.293 e. The van der Waals surface area contributed by atoms with Crippen LogP contribution in [0.3, 0.4) is 0 Å². The quantitative estimate of drug-likeness (QED) is 0.668. The Morgan fingerprint density at radius 2 is 2.36 bits per heavy atom. The zero-order chi connectivity index (χ0) is 15.5. The fourth-order valence-electron chi connectivity index (χ4n) is 3.70. The number of hydrogen-bond donors (Lipinski definition) is 1. The third kappa shape index (κ3) is 1.96. The Balaban J connectivity index is 1.76. The van der Waals surface area contributed by atoms with E-state index in [1.54, 1.807) is 12.1 Å². The number of ether oxygens (including phenoxy) is 2. The van der Waals surface area contributed by atoms with Gasteiger partial charge in [-0.3, -0.25) is 10.1 Å². The van der Waals surface area contributed by atoms with Crippen molar-refractivity contribution < 1.29 is 19.5 Å². The minimum atomic E-state index is -0.693. The molecule has 0 aromatic heterocycles. The maximum absolute atomic E-state index is 11.5. The van der Waals surface area contributed by atoms with Crippen molar-refractivity contribution in [1.29, 1.82) is 0 Å². The summed E-state index contributed by atoms with van der Waals surface area (Å²) in [6.07, 6.45) is 1.57. The first kappa shape index (κ1) is 13.8. The fraction of sp³-hybridized carbons (Fsp3) is 0.600. The fourth-order valence-corrected chi connectivity index (χ4v) is 3.70. The summed E-state index contributed by atoms with van der Waals surface area (Å²) in [7, 11) is 0. The van der Waals surface area contributed by atoms with Gasteiger partial charge < -0.3 is 19.5 Å². The molecule has 3 aliphatic rings. The van der Waals surface area contributed by atoms with Crippen LogP contribution in [0.4, 0.5) is 11.4 Å². The third-order valence-corrected chi connectivity index (χ3v) is 4.82. The van der Waals surface area contributed by atoms with Gasteiger partial charge in [0.05, 0.1) is 30.3 Å². The van der Waals surface area contributed by atoms with E-state index in [0.29, 0.717) is 31.0 Å². The Hall–Kier alpha value is -1.86. The summed E-state index contributed by atoms with van der Waals surface area (Å²) in [4.78, 5) is 13.2. The summed E-state index contributed by atoms with van der Waals surface area (Å²) in [5, 5.41) is 20.9. The molecule has 1 N–H and O–H groups in total. The highest BCUT2D eigenvalue weighted by Gasteiger charge is 2.43. The van der Waals surface area contributed by atoms with E-state index in [2.05, 4.69) is 4.90 Å². The minimum Gasteiger partial charge on any atom is -0.484 e. The number of morpholine rings is 1. The lowest BCUT2D eigenvalue weighted by atomic mass is 9.99.